The number of benzene rings is 1. The first-order valence-electron chi connectivity index (χ1n) is 7.01. The SMILES string of the molecule is CCc1c(C)nn(C(c2ccc(F)cc2)C(C)N)c1C. The van der Waals surface area contributed by atoms with Crippen molar-refractivity contribution in [3.63, 3.8) is 0 Å². The number of hydrogen-bond acceptors (Lipinski definition) is 2. The third kappa shape index (κ3) is 2.61. The zero-order chi connectivity index (χ0) is 14.9. The second-order valence-corrected chi connectivity index (χ2v) is 5.30. The van der Waals surface area contributed by atoms with E-state index in [9.17, 15) is 4.39 Å². The molecule has 0 saturated heterocycles. The maximum absolute atomic E-state index is 13.1. The lowest BCUT2D eigenvalue weighted by Gasteiger charge is -2.23. The Morgan fingerprint density at radius 2 is 1.85 bits per heavy atom. The molecule has 108 valence electrons. The molecule has 0 spiro atoms. The maximum Gasteiger partial charge on any atom is 0.123 e. The highest BCUT2D eigenvalue weighted by Gasteiger charge is 2.23. The van der Waals surface area contributed by atoms with Crippen LogP contribution >= 0.6 is 0 Å². The Hall–Kier alpha value is -1.68. The summed E-state index contributed by atoms with van der Waals surface area (Å²) in [6, 6.07) is 6.32. The average molecular weight is 275 g/mol. The zero-order valence-corrected chi connectivity index (χ0v) is 12.5. The number of nitrogens with zero attached hydrogens (tertiary/aromatic N) is 2. The van der Waals surface area contributed by atoms with E-state index >= 15 is 0 Å². The lowest BCUT2D eigenvalue weighted by Crippen LogP contribution is -2.31. The standard InChI is InChI=1S/C16H22FN3/c1-5-15-11(3)19-20(12(15)4)16(10(2)18)13-6-8-14(17)9-7-13/h6-10,16H,5,18H2,1-4H3. The zero-order valence-electron chi connectivity index (χ0n) is 12.5. The number of nitrogens with two attached hydrogens (primary N) is 1. The summed E-state index contributed by atoms with van der Waals surface area (Å²) in [6.07, 6.45) is 0.951. The molecular formula is C16H22FN3. The van der Waals surface area contributed by atoms with Gasteiger partial charge in [0.2, 0.25) is 0 Å². The predicted molar refractivity (Wildman–Crippen MR) is 79.3 cm³/mol. The van der Waals surface area contributed by atoms with Crippen LogP contribution < -0.4 is 5.73 Å². The summed E-state index contributed by atoms with van der Waals surface area (Å²) < 4.78 is 15.1. The van der Waals surface area contributed by atoms with Gasteiger partial charge in [0, 0.05) is 11.7 Å². The van der Waals surface area contributed by atoms with Crippen molar-refractivity contribution in [3.8, 4) is 0 Å². The molecule has 0 aliphatic rings. The number of aryl methyl sites for hydroxylation is 1. The maximum atomic E-state index is 13.1. The van der Waals surface area contributed by atoms with Crippen LogP contribution in [0.1, 0.15) is 42.4 Å². The lowest BCUT2D eigenvalue weighted by atomic mass is 10.0. The van der Waals surface area contributed by atoms with Gasteiger partial charge < -0.3 is 5.73 Å². The second-order valence-electron chi connectivity index (χ2n) is 5.30. The first kappa shape index (κ1) is 14.7. The van der Waals surface area contributed by atoms with Crippen LogP contribution in [0.25, 0.3) is 0 Å². The molecule has 20 heavy (non-hydrogen) atoms. The van der Waals surface area contributed by atoms with E-state index in [1.807, 2.05) is 18.5 Å². The summed E-state index contributed by atoms with van der Waals surface area (Å²) in [6.45, 7) is 8.17. The van der Waals surface area contributed by atoms with Crippen molar-refractivity contribution in [2.45, 2.75) is 46.2 Å². The van der Waals surface area contributed by atoms with Gasteiger partial charge in [-0.25, -0.2) is 4.39 Å². The summed E-state index contributed by atoms with van der Waals surface area (Å²) in [4.78, 5) is 0. The van der Waals surface area contributed by atoms with Crippen LogP contribution in [0.2, 0.25) is 0 Å². The Bertz CT molecular complexity index is 585. The third-order valence-corrected chi connectivity index (χ3v) is 3.80. The van der Waals surface area contributed by atoms with Crippen LogP contribution in [0.4, 0.5) is 4.39 Å². The third-order valence-electron chi connectivity index (χ3n) is 3.80. The molecule has 0 bridgehead atoms. The molecule has 1 aromatic carbocycles. The lowest BCUT2D eigenvalue weighted by molar-refractivity contribution is 0.442. The molecule has 0 fully saturated rings. The summed E-state index contributed by atoms with van der Waals surface area (Å²) >= 11 is 0. The van der Waals surface area contributed by atoms with Crippen molar-refractivity contribution < 1.29 is 4.39 Å². The highest BCUT2D eigenvalue weighted by atomic mass is 19.1. The van der Waals surface area contributed by atoms with Gasteiger partial charge in [-0.15, -0.1) is 0 Å². The van der Waals surface area contributed by atoms with Gasteiger partial charge in [0.05, 0.1) is 11.7 Å². The van der Waals surface area contributed by atoms with Gasteiger partial charge in [-0.2, -0.15) is 5.10 Å². The van der Waals surface area contributed by atoms with Crippen molar-refractivity contribution in [2.24, 2.45) is 5.73 Å². The molecule has 2 aromatic rings. The van der Waals surface area contributed by atoms with Gasteiger partial charge >= 0.3 is 0 Å². The Morgan fingerprint density at radius 3 is 2.30 bits per heavy atom. The molecule has 2 rings (SSSR count). The quantitative estimate of drug-likeness (QED) is 0.931. The molecule has 2 N–H and O–H groups in total. The smallest absolute Gasteiger partial charge is 0.123 e. The second kappa shape index (κ2) is 5.75. The highest BCUT2D eigenvalue weighted by Crippen LogP contribution is 2.25. The minimum absolute atomic E-state index is 0.0744. The molecule has 3 nitrogen and oxygen atoms in total. The minimum atomic E-state index is -0.236. The summed E-state index contributed by atoms with van der Waals surface area (Å²) in [5.41, 5.74) is 10.6. The molecule has 2 atom stereocenters. The van der Waals surface area contributed by atoms with Gasteiger partial charge in [-0.05, 0) is 50.5 Å². The van der Waals surface area contributed by atoms with Crippen molar-refractivity contribution in [2.75, 3.05) is 0 Å². The number of hydrogen-bond donors (Lipinski definition) is 1. The van der Waals surface area contributed by atoms with Crippen LogP contribution in [0.15, 0.2) is 24.3 Å². The topological polar surface area (TPSA) is 43.8 Å². The van der Waals surface area contributed by atoms with E-state index in [1.54, 1.807) is 12.1 Å². The molecule has 0 aliphatic carbocycles. The van der Waals surface area contributed by atoms with Crippen LogP contribution in [-0.4, -0.2) is 15.8 Å². The van der Waals surface area contributed by atoms with Gasteiger partial charge in [0.1, 0.15) is 5.82 Å². The van der Waals surface area contributed by atoms with Crippen molar-refractivity contribution >= 4 is 0 Å². The minimum Gasteiger partial charge on any atom is -0.326 e. The van der Waals surface area contributed by atoms with Crippen molar-refractivity contribution in [1.29, 1.82) is 0 Å². The first-order chi connectivity index (χ1) is 9.45. The Labute approximate surface area is 119 Å². The number of aromatic nitrogens is 2. The molecule has 0 radical (unpaired) electrons. The van der Waals surface area contributed by atoms with E-state index in [-0.39, 0.29) is 17.9 Å². The van der Waals surface area contributed by atoms with E-state index in [0.29, 0.717) is 0 Å². The average Bonchev–Trinajstić information content (AvgIpc) is 2.67. The van der Waals surface area contributed by atoms with Crippen molar-refractivity contribution in [3.05, 3.63) is 52.6 Å². The van der Waals surface area contributed by atoms with E-state index in [4.69, 9.17) is 5.73 Å². The molecular weight excluding hydrogens is 253 g/mol. The fourth-order valence-corrected chi connectivity index (χ4v) is 2.81. The van der Waals surface area contributed by atoms with E-state index in [0.717, 1.165) is 23.4 Å². The number of halogens is 1. The molecule has 0 saturated carbocycles. The van der Waals surface area contributed by atoms with E-state index in [2.05, 4.69) is 18.9 Å². The normalized spacial score (nSPS) is 14.3. The fraction of sp³-hybridized carbons (Fsp3) is 0.438. The number of rotatable bonds is 4. The largest absolute Gasteiger partial charge is 0.326 e. The van der Waals surface area contributed by atoms with Crippen LogP contribution in [0, 0.1) is 19.7 Å². The summed E-state index contributed by atoms with van der Waals surface area (Å²) in [5, 5.41) is 4.64. The first-order valence-corrected chi connectivity index (χ1v) is 7.01. The highest BCUT2D eigenvalue weighted by molar-refractivity contribution is 5.29. The van der Waals surface area contributed by atoms with E-state index in [1.165, 1.54) is 17.7 Å². The summed E-state index contributed by atoms with van der Waals surface area (Å²) in [7, 11) is 0. The Kier molecular flexibility index (Phi) is 4.23. The molecule has 1 aromatic heterocycles. The van der Waals surface area contributed by atoms with Gasteiger partial charge in [0.15, 0.2) is 0 Å². The molecule has 0 amide bonds. The van der Waals surface area contributed by atoms with Crippen LogP contribution in [0.3, 0.4) is 0 Å². The van der Waals surface area contributed by atoms with E-state index < -0.39 is 0 Å². The molecule has 1 heterocycles. The molecule has 0 aliphatic heterocycles. The monoisotopic (exact) mass is 275 g/mol. The Morgan fingerprint density at radius 1 is 1.25 bits per heavy atom. The van der Waals surface area contributed by atoms with Crippen LogP contribution in [0.5, 0.6) is 0 Å². The fourth-order valence-electron chi connectivity index (χ4n) is 2.81. The molecule has 2 unspecified atom stereocenters. The van der Waals surface area contributed by atoms with Crippen LogP contribution in [-0.2, 0) is 6.42 Å². The van der Waals surface area contributed by atoms with Crippen molar-refractivity contribution in [1.82, 2.24) is 9.78 Å². The predicted octanol–water partition coefficient (Wildman–Crippen LogP) is 3.14. The Balaban J connectivity index is 2.52. The van der Waals surface area contributed by atoms with Gasteiger partial charge in [-0.1, -0.05) is 19.1 Å². The molecule has 4 heteroatoms. The summed E-state index contributed by atoms with van der Waals surface area (Å²) in [5.74, 6) is -0.236. The van der Waals surface area contributed by atoms with Gasteiger partial charge in [-0.3, -0.25) is 4.68 Å². The van der Waals surface area contributed by atoms with Gasteiger partial charge in [0.25, 0.3) is 0 Å².